The Morgan fingerprint density at radius 1 is 1.33 bits per heavy atom. The van der Waals surface area contributed by atoms with Crippen LogP contribution in [-0.4, -0.2) is 13.1 Å². The topological polar surface area (TPSA) is 56.5 Å². The van der Waals surface area contributed by atoms with Gasteiger partial charge >= 0.3 is 5.97 Å². The molecule has 0 saturated heterocycles. The van der Waals surface area contributed by atoms with Gasteiger partial charge in [0.1, 0.15) is 5.58 Å². The summed E-state index contributed by atoms with van der Waals surface area (Å²) in [6.45, 7) is 0. The van der Waals surface area contributed by atoms with Gasteiger partial charge in [-0.05, 0) is 25.0 Å². The molecule has 0 amide bonds. The van der Waals surface area contributed by atoms with Crippen LogP contribution < -0.4 is 5.43 Å². The van der Waals surface area contributed by atoms with Crippen molar-refractivity contribution in [2.75, 3.05) is 7.11 Å². The van der Waals surface area contributed by atoms with Gasteiger partial charge in [0.05, 0.1) is 18.8 Å². The van der Waals surface area contributed by atoms with E-state index in [4.69, 9.17) is 4.42 Å². The fourth-order valence-corrected chi connectivity index (χ4v) is 1.82. The highest BCUT2D eigenvalue weighted by Crippen LogP contribution is 2.11. The largest absolute Gasteiger partial charge is 0.469 e. The quantitative estimate of drug-likeness (QED) is 0.777. The third-order valence-corrected chi connectivity index (χ3v) is 2.81. The zero-order chi connectivity index (χ0) is 13.0. The molecule has 0 unspecified atom stereocenters. The molecule has 0 radical (unpaired) electrons. The second-order valence-electron chi connectivity index (χ2n) is 4.02. The number of benzene rings is 1. The van der Waals surface area contributed by atoms with Crippen LogP contribution in [0.5, 0.6) is 0 Å². The Hall–Kier alpha value is -2.10. The molecule has 94 valence electrons. The Morgan fingerprint density at radius 2 is 2.11 bits per heavy atom. The molecule has 0 aliphatic rings. The molecule has 1 aromatic carbocycles. The van der Waals surface area contributed by atoms with Crippen LogP contribution in [0, 0.1) is 0 Å². The SMILES string of the molecule is COC(=O)CCCc1coc2ccccc2c1=O. The first kappa shape index (κ1) is 12.4. The van der Waals surface area contributed by atoms with Crippen molar-refractivity contribution in [2.24, 2.45) is 0 Å². The summed E-state index contributed by atoms with van der Waals surface area (Å²) in [7, 11) is 1.35. The van der Waals surface area contributed by atoms with Crippen molar-refractivity contribution in [3.05, 3.63) is 46.3 Å². The van der Waals surface area contributed by atoms with Crippen LogP contribution in [0.4, 0.5) is 0 Å². The van der Waals surface area contributed by atoms with Gasteiger partial charge in [-0.25, -0.2) is 0 Å². The minimum Gasteiger partial charge on any atom is -0.469 e. The van der Waals surface area contributed by atoms with Gasteiger partial charge in [0.15, 0.2) is 5.43 Å². The first-order valence-electron chi connectivity index (χ1n) is 5.78. The van der Waals surface area contributed by atoms with E-state index in [-0.39, 0.29) is 11.4 Å². The number of ether oxygens (including phenoxy) is 1. The van der Waals surface area contributed by atoms with Crippen molar-refractivity contribution in [3.8, 4) is 0 Å². The van der Waals surface area contributed by atoms with Crippen LogP contribution in [0.25, 0.3) is 11.0 Å². The average Bonchev–Trinajstić information content (AvgIpc) is 2.41. The van der Waals surface area contributed by atoms with E-state index in [1.807, 2.05) is 6.07 Å². The summed E-state index contributed by atoms with van der Waals surface area (Å²) in [5, 5.41) is 0.577. The van der Waals surface area contributed by atoms with Crippen LogP contribution in [0.15, 0.2) is 39.7 Å². The second-order valence-corrected chi connectivity index (χ2v) is 4.02. The standard InChI is InChI=1S/C14H14O4/c1-17-13(15)8-4-5-10-9-18-12-7-3-2-6-11(12)14(10)16/h2-3,6-7,9H,4-5,8H2,1H3. The van der Waals surface area contributed by atoms with Crippen molar-refractivity contribution in [2.45, 2.75) is 19.3 Å². The number of rotatable bonds is 4. The Bertz CT molecular complexity index is 612. The summed E-state index contributed by atoms with van der Waals surface area (Å²) in [6.07, 6.45) is 2.88. The molecular weight excluding hydrogens is 232 g/mol. The maximum atomic E-state index is 12.1. The first-order chi connectivity index (χ1) is 8.72. The molecule has 0 atom stereocenters. The summed E-state index contributed by atoms with van der Waals surface area (Å²) < 4.78 is 9.94. The number of hydrogen-bond acceptors (Lipinski definition) is 4. The van der Waals surface area contributed by atoms with Gasteiger partial charge in [-0.1, -0.05) is 12.1 Å². The molecular formula is C14H14O4. The zero-order valence-corrected chi connectivity index (χ0v) is 10.1. The van der Waals surface area contributed by atoms with Crippen molar-refractivity contribution in [1.29, 1.82) is 0 Å². The van der Waals surface area contributed by atoms with Crippen LogP contribution in [0.1, 0.15) is 18.4 Å². The van der Waals surface area contributed by atoms with Crippen molar-refractivity contribution < 1.29 is 13.9 Å². The van der Waals surface area contributed by atoms with E-state index in [1.54, 1.807) is 18.2 Å². The van der Waals surface area contributed by atoms with Crippen molar-refractivity contribution >= 4 is 16.9 Å². The van der Waals surface area contributed by atoms with Crippen LogP contribution in [0.3, 0.4) is 0 Å². The lowest BCUT2D eigenvalue weighted by atomic mass is 10.1. The number of fused-ring (bicyclic) bond motifs is 1. The molecule has 18 heavy (non-hydrogen) atoms. The highest BCUT2D eigenvalue weighted by molar-refractivity contribution is 5.76. The molecule has 0 aliphatic heterocycles. The van der Waals surface area contributed by atoms with Gasteiger partial charge in [-0.15, -0.1) is 0 Å². The highest BCUT2D eigenvalue weighted by atomic mass is 16.5. The zero-order valence-electron chi connectivity index (χ0n) is 10.1. The molecule has 0 spiro atoms. The molecule has 0 bridgehead atoms. The fraction of sp³-hybridized carbons (Fsp3) is 0.286. The second kappa shape index (κ2) is 5.49. The molecule has 2 aromatic rings. The van der Waals surface area contributed by atoms with E-state index >= 15 is 0 Å². The van der Waals surface area contributed by atoms with E-state index in [0.29, 0.717) is 35.8 Å². The number of carbonyl (C=O) groups is 1. The first-order valence-corrected chi connectivity index (χ1v) is 5.78. The molecule has 0 fully saturated rings. The number of para-hydroxylation sites is 1. The number of aryl methyl sites for hydroxylation is 1. The molecule has 2 rings (SSSR count). The number of methoxy groups -OCH3 is 1. The Labute approximate surface area is 104 Å². The molecule has 0 saturated carbocycles. The van der Waals surface area contributed by atoms with Crippen molar-refractivity contribution in [1.82, 2.24) is 0 Å². The van der Waals surface area contributed by atoms with E-state index < -0.39 is 0 Å². The van der Waals surface area contributed by atoms with Crippen LogP contribution >= 0.6 is 0 Å². The lowest BCUT2D eigenvalue weighted by Crippen LogP contribution is -2.09. The maximum absolute atomic E-state index is 12.1. The third kappa shape index (κ3) is 2.59. The van der Waals surface area contributed by atoms with Gasteiger partial charge in [-0.3, -0.25) is 9.59 Å². The van der Waals surface area contributed by atoms with Gasteiger partial charge in [0, 0.05) is 12.0 Å². The van der Waals surface area contributed by atoms with Gasteiger partial charge in [0.25, 0.3) is 0 Å². The molecule has 1 aromatic heterocycles. The summed E-state index contributed by atoms with van der Waals surface area (Å²) in [5.74, 6) is -0.264. The minimum atomic E-state index is -0.264. The predicted octanol–water partition coefficient (Wildman–Crippen LogP) is 2.29. The van der Waals surface area contributed by atoms with Gasteiger partial charge in [-0.2, -0.15) is 0 Å². The Morgan fingerprint density at radius 3 is 2.89 bits per heavy atom. The predicted molar refractivity (Wildman–Crippen MR) is 67.4 cm³/mol. The lowest BCUT2D eigenvalue weighted by molar-refractivity contribution is -0.140. The molecule has 0 aliphatic carbocycles. The number of esters is 1. The highest BCUT2D eigenvalue weighted by Gasteiger charge is 2.07. The number of hydrogen-bond donors (Lipinski definition) is 0. The summed E-state index contributed by atoms with van der Waals surface area (Å²) in [4.78, 5) is 23.1. The van der Waals surface area contributed by atoms with Gasteiger partial charge in [0.2, 0.25) is 0 Å². The smallest absolute Gasteiger partial charge is 0.305 e. The Balaban J connectivity index is 2.17. The normalized spacial score (nSPS) is 10.5. The molecule has 0 N–H and O–H groups in total. The van der Waals surface area contributed by atoms with Crippen LogP contribution in [-0.2, 0) is 16.0 Å². The molecule has 4 nitrogen and oxygen atoms in total. The Kier molecular flexibility index (Phi) is 3.77. The average molecular weight is 246 g/mol. The lowest BCUT2D eigenvalue weighted by Gasteiger charge is -2.02. The summed E-state index contributed by atoms with van der Waals surface area (Å²) >= 11 is 0. The number of carbonyl (C=O) groups excluding carboxylic acids is 1. The third-order valence-electron chi connectivity index (χ3n) is 2.81. The monoisotopic (exact) mass is 246 g/mol. The van der Waals surface area contributed by atoms with E-state index in [1.165, 1.54) is 13.4 Å². The van der Waals surface area contributed by atoms with Gasteiger partial charge < -0.3 is 9.15 Å². The van der Waals surface area contributed by atoms with E-state index in [9.17, 15) is 9.59 Å². The maximum Gasteiger partial charge on any atom is 0.305 e. The van der Waals surface area contributed by atoms with Crippen molar-refractivity contribution in [3.63, 3.8) is 0 Å². The summed E-state index contributed by atoms with van der Waals surface area (Å²) in [5.41, 5.74) is 1.15. The molecule has 1 heterocycles. The van der Waals surface area contributed by atoms with Crippen LogP contribution in [0.2, 0.25) is 0 Å². The van der Waals surface area contributed by atoms with E-state index in [0.717, 1.165) is 0 Å². The summed E-state index contributed by atoms with van der Waals surface area (Å²) in [6, 6.07) is 7.12. The molecule has 4 heteroatoms. The minimum absolute atomic E-state index is 0.0262. The fourth-order valence-electron chi connectivity index (χ4n) is 1.82. The van der Waals surface area contributed by atoms with E-state index in [2.05, 4.69) is 4.74 Å².